The maximum absolute atomic E-state index is 12.8. The van der Waals surface area contributed by atoms with Gasteiger partial charge in [-0.1, -0.05) is 17.7 Å². The highest BCUT2D eigenvalue weighted by atomic mass is 32.2. The third kappa shape index (κ3) is 3.06. The number of anilines is 2. The molecule has 1 N–H and O–H groups in total. The van der Waals surface area contributed by atoms with Gasteiger partial charge in [-0.25, -0.2) is 8.42 Å². The van der Waals surface area contributed by atoms with Gasteiger partial charge in [0.1, 0.15) is 12.4 Å². The van der Waals surface area contributed by atoms with Crippen molar-refractivity contribution in [1.29, 1.82) is 0 Å². The summed E-state index contributed by atoms with van der Waals surface area (Å²) in [4.78, 5) is 2.43. The highest BCUT2D eigenvalue weighted by Crippen LogP contribution is 2.34. The Morgan fingerprint density at radius 2 is 1.75 bits per heavy atom. The van der Waals surface area contributed by atoms with Gasteiger partial charge in [-0.3, -0.25) is 4.72 Å². The Balaban J connectivity index is 1.96. The number of nitrogens with zero attached hydrogens (tertiary/aromatic N) is 1. The first-order valence-electron chi connectivity index (χ1n) is 7.86. The van der Waals surface area contributed by atoms with Gasteiger partial charge >= 0.3 is 0 Å². The van der Waals surface area contributed by atoms with Crippen LogP contribution in [0.15, 0.2) is 35.2 Å². The average molecular weight is 346 g/mol. The first-order valence-corrected chi connectivity index (χ1v) is 9.35. The molecular weight excluding hydrogens is 324 g/mol. The molecule has 128 valence electrons. The minimum atomic E-state index is -3.65. The summed E-state index contributed by atoms with van der Waals surface area (Å²) in [7, 11) is -1.66. The fraction of sp³-hybridized carbons (Fsp3) is 0.333. The summed E-state index contributed by atoms with van der Waals surface area (Å²) in [6.07, 6.45) is 0. The number of sulfonamides is 1. The van der Waals surface area contributed by atoms with Crippen LogP contribution in [-0.4, -0.2) is 28.6 Å². The molecule has 0 saturated heterocycles. The van der Waals surface area contributed by atoms with Crippen molar-refractivity contribution in [3.8, 4) is 5.75 Å². The van der Waals surface area contributed by atoms with Gasteiger partial charge in [0.05, 0.1) is 22.8 Å². The van der Waals surface area contributed by atoms with Crippen LogP contribution in [0.3, 0.4) is 0 Å². The lowest BCUT2D eigenvalue weighted by molar-refractivity contribution is 0.311. The molecule has 0 aliphatic carbocycles. The smallest absolute Gasteiger partial charge is 0.262 e. The third-order valence-corrected chi connectivity index (χ3v) is 5.87. The molecule has 2 aromatic carbocycles. The Hall–Kier alpha value is -2.21. The average Bonchev–Trinajstić information content (AvgIpc) is 2.45. The van der Waals surface area contributed by atoms with Gasteiger partial charge < -0.3 is 9.64 Å². The van der Waals surface area contributed by atoms with Crippen LogP contribution in [0.25, 0.3) is 0 Å². The van der Waals surface area contributed by atoms with E-state index in [4.69, 9.17) is 4.74 Å². The number of ether oxygens (including phenoxy) is 1. The fourth-order valence-corrected chi connectivity index (χ4v) is 4.72. The molecule has 0 saturated carbocycles. The second-order valence-corrected chi connectivity index (χ2v) is 7.91. The van der Waals surface area contributed by atoms with Crippen molar-refractivity contribution in [2.24, 2.45) is 0 Å². The summed E-state index contributed by atoms with van der Waals surface area (Å²) in [5.41, 5.74) is 4.01. The zero-order chi connectivity index (χ0) is 17.5. The van der Waals surface area contributed by atoms with Gasteiger partial charge in [-0.15, -0.1) is 0 Å². The van der Waals surface area contributed by atoms with Crippen LogP contribution in [0.5, 0.6) is 5.75 Å². The normalized spacial score (nSPS) is 14.1. The molecule has 0 bridgehead atoms. The lowest BCUT2D eigenvalue weighted by atomic mass is 10.1. The van der Waals surface area contributed by atoms with Crippen molar-refractivity contribution < 1.29 is 13.2 Å². The molecular formula is C18H22N2O3S. The Labute approximate surface area is 143 Å². The molecule has 1 aliphatic heterocycles. The van der Waals surface area contributed by atoms with E-state index in [9.17, 15) is 8.42 Å². The molecule has 0 atom stereocenters. The van der Waals surface area contributed by atoms with E-state index < -0.39 is 10.0 Å². The molecule has 0 amide bonds. The summed E-state index contributed by atoms with van der Waals surface area (Å²) in [6.45, 7) is 7.01. The van der Waals surface area contributed by atoms with Gasteiger partial charge in [0.25, 0.3) is 10.0 Å². The van der Waals surface area contributed by atoms with Crippen molar-refractivity contribution in [1.82, 2.24) is 0 Å². The molecule has 0 fully saturated rings. The molecule has 3 rings (SSSR count). The molecule has 24 heavy (non-hydrogen) atoms. The number of rotatable bonds is 3. The van der Waals surface area contributed by atoms with Crippen LogP contribution in [0.1, 0.15) is 16.7 Å². The van der Waals surface area contributed by atoms with E-state index in [0.717, 1.165) is 28.9 Å². The largest absolute Gasteiger partial charge is 0.489 e. The number of hydrogen-bond donors (Lipinski definition) is 1. The van der Waals surface area contributed by atoms with Crippen LogP contribution in [0.4, 0.5) is 11.4 Å². The SMILES string of the molecule is Cc1cc(C)c(S(=O)(=O)Nc2ccc3c(c2)OCCN3C)c(C)c1. The maximum Gasteiger partial charge on any atom is 0.262 e. The van der Waals surface area contributed by atoms with E-state index in [-0.39, 0.29) is 0 Å². The lowest BCUT2D eigenvalue weighted by Gasteiger charge is -2.28. The van der Waals surface area contributed by atoms with Gasteiger partial charge in [0.15, 0.2) is 0 Å². The predicted molar refractivity (Wildman–Crippen MR) is 96.7 cm³/mol. The summed E-state index contributed by atoms with van der Waals surface area (Å²) in [5, 5.41) is 0. The third-order valence-electron chi connectivity index (χ3n) is 4.18. The van der Waals surface area contributed by atoms with Crippen LogP contribution in [0.2, 0.25) is 0 Å². The molecule has 0 unspecified atom stereocenters. The van der Waals surface area contributed by atoms with Crippen LogP contribution in [0, 0.1) is 20.8 Å². The molecule has 2 aromatic rings. The first-order chi connectivity index (χ1) is 11.3. The van der Waals surface area contributed by atoms with Crippen molar-refractivity contribution in [2.75, 3.05) is 29.8 Å². The van der Waals surface area contributed by atoms with Crippen molar-refractivity contribution in [3.63, 3.8) is 0 Å². The quantitative estimate of drug-likeness (QED) is 0.927. The molecule has 0 spiro atoms. The zero-order valence-electron chi connectivity index (χ0n) is 14.4. The van der Waals surface area contributed by atoms with Gasteiger partial charge in [0.2, 0.25) is 0 Å². The van der Waals surface area contributed by atoms with E-state index in [1.165, 1.54) is 0 Å². The summed E-state index contributed by atoms with van der Waals surface area (Å²) < 4.78 is 34.0. The summed E-state index contributed by atoms with van der Waals surface area (Å²) in [5.74, 6) is 0.696. The van der Waals surface area contributed by atoms with E-state index in [1.807, 2.05) is 46.0 Å². The minimum absolute atomic E-state index is 0.337. The number of aryl methyl sites for hydroxylation is 3. The zero-order valence-corrected chi connectivity index (χ0v) is 15.2. The van der Waals surface area contributed by atoms with Crippen LogP contribution < -0.4 is 14.4 Å². The second kappa shape index (κ2) is 6.02. The maximum atomic E-state index is 12.8. The number of hydrogen-bond acceptors (Lipinski definition) is 4. The Bertz CT molecular complexity index is 868. The van der Waals surface area contributed by atoms with Gasteiger partial charge in [0, 0.05) is 13.1 Å². The molecule has 5 nitrogen and oxygen atoms in total. The van der Waals surface area contributed by atoms with E-state index in [2.05, 4.69) is 9.62 Å². The fourth-order valence-electron chi connectivity index (χ4n) is 3.22. The van der Waals surface area contributed by atoms with Crippen LogP contribution in [-0.2, 0) is 10.0 Å². The second-order valence-electron chi connectivity index (χ2n) is 6.29. The van der Waals surface area contributed by atoms with E-state index in [0.29, 0.717) is 22.9 Å². The van der Waals surface area contributed by atoms with Crippen molar-refractivity contribution in [3.05, 3.63) is 47.0 Å². The highest BCUT2D eigenvalue weighted by Gasteiger charge is 2.21. The summed E-state index contributed by atoms with van der Waals surface area (Å²) >= 11 is 0. The molecule has 6 heteroatoms. The molecule has 0 aromatic heterocycles. The number of fused-ring (bicyclic) bond motifs is 1. The van der Waals surface area contributed by atoms with Crippen molar-refractivity contribution >= 4 is 21.4 Å². The monoisotopic (exact) mass is 346 g/mol. The Kier molecular flexibility index (Phi) is 4.17. The Morgan fingerprint density at radius 1 is 1.08 bits per heavy atom. The van der Waals surface area contributed by atoms with E-state index in [1.54, 1.807) is 12.1 Å². The lowest BCUT2D eigenvalue weighted by Crippen LogP contribution is -2.28. The first kappa shape index (κ1) is 16.6. The molecule has 1 aliphatic rings. The number of nitrogens with one attached hydrogen (secondary N) is 1. The van der Waals surface area contributed by atoms with E-state index >= 15 is 0 Å². The Morgan fingerprint density at radius 3 is 2.42 bits per heavy atom. The number of likely N-dealkylation sites (N-methyl/N-ethyl adjacent to an activating group) is 1. The number of benzene rings is 2. The highest BCUT2D eigenvalue weighted by molar-refractivity contribution is 7.92. The van der Waals surface area contributed by atoms with Crippen LogP contribution >= 0.6 is 0 Å². The standard InChI is InChI=1S/C18H22N2O3S/c1-12-9-13(2)18(14(3)10-12)24(21,22)19-15-5-6-16-17(11-15)23-8-7-20(16)4/h5-6,9-11,19H,7-8H2,1-4H3. The predicted octanol–water partition coefficient (Wildman–Crippen LogP) is 3.24. The molecule has 1 heterocycles. The van der Waals surface area contributed by atoms with Gasteiger partial charge in [-0.2, -0.15) is 0 Å². The topological polar surface area (TPSA) is 58.6 Å². The van der Waals surface area contributed by atoms with Gasteiger partial charge in [-0.05, 0) is 44.0 Å². The minimum Gasteiger partial charge on any atom is -0.489 e. The molecule has 0 radical (unpaired) electrons. The van der Waals surface area contributed by atoms with Crippen molar-refractivity contribution in [2.45, 2.75) is 25.7 Å². The summed E-state index contributed by atoms with van der Waals surface area (Å²) in [6, 6.07) is 9.14.